The quantitative estimate of drug-likeness (QED) is 0.835. The molecule has 1 saturated heterocycles. The van der Waals surface area contributed by atoms with E-state index in [1.54, 1.807) is 12.1 Å². The largest absolute Gasteiger partial charge is 0.399 e. The lowest BCUT2D eigenvalue weighted by atomic mass is 10.1. The number of likely N-dealkylation sites (N-methyl/N-ethyl adjacent to an activating group) is 1. The standard InChI is InChI=1S/C14H20F2N2O/c1-2-18(9-11-4-3-7-19-11)13-6-5-10(17)8-12(13)14(15)16/h5-6,8,11,14H,2-4,7,9,17H2,1H3. The molecule has 1 atom stereocenters. The minimum absolute atomic E-state index is 0.000142. The Kier molecular flexibility index (Phi) is 4.58. The van der Waals surface area contributed by atoms with Crippen molar-refractivity contribution in [2.24, 2.45) is 0 Å². The average Bonchev–Trinajstić information content (AvgIpc) is 2.89. The molecule has 1 aromatic carbocycles. The van der Waals surface area contributed by atoms with Crippen LogP contribution in [0.3, 0.4) is 0 Å². The molecule has 106 valence electrons. The van der Waals surface area contributed by atoms with Crippen LogP contribution in [0.25, 0.3) is 0 Å². The first-order valence-corrected chi connectivity index (χ1v) is 6.66. The Hall–Kier alpha value is -1.36. The van der Waals surface area contributed by atoms with Crippen molar-refractivity contribution < 1.29 is 13.5 Å². The molecule has 0 spiro atoms. The second kappa shape index (κ2) is 6.19. The number of hydrogen-bond donors (Lipinski definition) is 1. The van der Waals surface area contributed by atoms with Crippen LogP contribution in [0.2, 0.25) is 0 Å². The van der Waals surface area contributed by atoms with E-state index in [1.807, 2.05) is 11.8 Å². The first kappa shape index (κ1) is 14.1. The lowest BCUT2D eigenvalue weighted by Gasteiger charge is -2.28. The van der Waals surface area contributed by atoms with Crippen molar-refractivity contribution in [1.82, 2.24) is 0 Å². The number of benzene rings is 1. The summed E-state index contributed by atoms with van der Waals surface area (Å²) in [6, 6.07) is 4.70. The van der Waals surface area contributed by atoms with Crippen molar-refractivity contribution in [2.45, 2.75) is 32.3 Å². The highest BCUT2D eigenvalue weighted by atomic mass is 19.3. The van der Waals surface area contributed by atoms with E-state index in [-0.39, 0.29) is 11.7 Å². The van der Waals surface area contributed by atoms with Gasteiger partial charge < -0.3 is 15.4 Å². The highest BCUT2D eigenvalue weighted by Crippen LogP contribution is 2.32. The maximum Gasteiger partial charge on any atom is 0.265 e. The molecule has 0 radical (unpaired) electrons. The molecule has 1 fully saturated rings. The normalized spacial score (nSPS) is 19.1. The van der Waals surface area contributed by atoms with Crippen LogP contribution in [-0.4, -0.2) is 25.8 Å². The molecule has 2 rings (SSSR count). The summed E-state index contributed by atoms with van der Waals surface area (Å²) in [4.78, 5) is 1.94. The number of nitrogen functional groups attached to an aromatic ring is 1. The zero-order valence-corrected chi connectivity index (χ0v) is 11.1. The van der Waals surface area contributed by atoms with Crippen LogP contribution in [0.5, 0.6) is 0 Å². The molecule has 0 aromatic heterocycles. The molecule has 1 unspecified atom stereocenters. The van der Waals surface area contributed by atoms with Gasteiger partial charge in [0.1, 0.15) is 0 Å². The monoisotopic (exact) mass is 270 g/mol. The maximum absolute atomic E-state index is 13.1. The number of nitrogens with zero attached hydrogens (tertiary/aromatic N) is 1. The van der Waals surface area contributed by atoms with Crippen LogP contribution < -0.4 is 10.6 Å². The smallest absolute Gasteiger partial charge is 0.265 e. The van der Waals surface area contributed by atoms with Crippen LogP contribution >= 0.6 is 0 Å². The summed E-state index contributed by atoms with van der Waals surface area (Å²) in [6.45, 7) is 4.05. The van der Waals surface area contributed by atoms with E-state index in [4.69, 9.17) is 10.5 Å². The second-order valence-corrected chi connectivity index (χ2v) is 4.79. The van der Waals surface area contributed by atoms with Crippen LogP contribution in [0.4, 0.5) is 20.2 Å². The average molecular weight is 270 g/mol. The minimum Gasteiger partial charge on any atom is -0.399 e. The molecule has 1 aliphatic heterocycles. The van der Waals surface area contributed by atoms with Gasteiger partial charge in [0.15, 0.2) is 0 Å². The summed E-state index contributed by atoms with van der Waals surface area (Å²) in [6.07, 6.45) is -0.332. The van der Waals surface area contributed by atoms with Gasteiger partial charge in [0.05, 0.1) is 6.10 Å². The molecule has 2 N–H and O–H groups in total. The van der Waals surface area contributed by atoms with E-state index < -0.39 is 6.43 Å². The van der Waals surface area contributed by atoms with Gasteiger partial charge in [-0.3, -0.25) is 0 Å². The van der Waals surface area contributed by atoms with Crippen LogP contribution in [0.15, 0.2) is 18.2 Å². The summed E-state index contributed by atoms with van der Waals surface area (Å²) >= 11 is 0. The van der Waals surface area contributed by atoms with Gasteiger partial charge in [-0.15, -0.1) is 0 Å². The second-order valence-electron chi connectivity index (χ2n) is 4.79. The molecule has 0 bridgehead atoms. The van der Waals surface area contributed by atoms with Gasteiger partial charge in [-0.2, -0.15) is 0 Å². The molecule has 1 aliphatic rings. The molecular formula is C14H20F2N2O. The van der Waals surface area contributed by atoms with Crippen molar-refractivity contribution in [3.05, 3.63) is 23.8 Å². The van der Waals surface area contributed by atoms with Crippen molar-refractivity contribution >= 4 is 11.4 Å². The Morgan fingerprint density at radius 3 is 2.84 bits per heavy atom. The Balaban J connectivity index is 2.21. The number of ether oxygens (including phenoxy) is 1. The van der Waals surface area contributed by atoms with E-state index in [2.05, 4.69) is 0 Å². The van der Waals surface area contributed by atoms with Gasteiger partial charge in [0, 0.05) is 36.6 Å². The van der Waals surface area contributed by atoms with Gasteiger partial charge in [0.2, 0.25) is 0 Å². The predicted octanol–water partition coefficient (Wildman–Crippen LogP) is 3.21. The Morgan fingerprint density at radius 2 is 2.26 bits per heavy atom. The van der Waals surface area contributed by atoms with Crippen LogP contribution in [-0.2, 0) is 4.74 Å². The Morgan fingerprint density at radius 1 is 1.47 bits per heavy atom. The van der Waals surface area contributed by atoms with Gasteiger partial charge in [0.25, 0.3) is 6.43 Å². The molecule has 0 aliphatic carbocycles. The summed E-state index contributed by atoms with van der Waals surface area (Å²) in [5.74, 6) is 0. The molecule has 0 saturated carbocycles. The molecule has 3 nitrogen and oxygen atoms in total. The van der Waals surface area contributed by atoms with Crippen molar-refractivity contribution in [3.63, 3.8) is 0 Å². The highest BCUT2D eigenvalue weighted by Gasteiger charge is 2.22. The summed E-state index contributed by atoms with van der Waals surface area (Å²) in [5.41, 5.74) is 6.52. The van der Waals surface area contributed by atoms with Crippen LogP contribution in [0.1, 0.15) is 31.8 Å². The third-order valence-electron chi connectivity index (χ3n) is 3.46. The number of rotatable bonds is 5. The topological polar surface area (TPSA) is 38.5 Å². The van der Waals surface area contributed by atoms with Gasteiger partial charge in [-0.25, -0.2) is 8.78 Å². The van der Waals surface area contributed by atoms with Crippen molar-refractivity contribution in [3.8, 4) is 0 Å². The fourth-order valence-corrected chi connectivity index (χ4v) is 2.47. The molecule has 0 amide bonds. The zero-order chi connectivity index (χ0) is 13.8. The maximum atomic E-state index is 13.1. The van der Waals surface area contributed by atoms with E-state index in [0.717, 1.165) is 19.4 Å². The number of alkyl halides is 2. The Labute approximate surface area is 112 Å². The van der Waals surface area contributed by atoms with E-state index in [9.17, 15) is 8.78 Å². The fourth-order valence-electron chi connectivity index (χ4n) is 2.47. The first-order valence-electron chi connectivity index (χ1n) is 6.66. The molecule has 1 aromatic rings. The number of halogens is 2. The SMILES string of the molecule is CCN(CC1CCCO1)c1ccc(N)cc1C(F)F. The van der Waals surface area contributed by atoms with E-state index >= 15 is 0 Å². The Bertz CT molecular complexity index is 420. The third kappa shape index (κ3) is 3.35. The minimum atomic E-state index is -2.52. The third-order valence-corrected chi connectivity index (χ3v) is 3.46. The van der Waals surface area contributed by atoms with E-state index in [1.165, 1.54) is 6.07 Å². The highest BCUT2D eigenvalue weighted by molar-refractivity contribution is 5.60. The van der Waals surface area contributed by atoms with Gasteiger partial charge in [-0.1, -0.05) is 0 Å². The molecular weight excluding hydrogens is 250 g/mol. The van der Waals surface area contributed by atoms with Gasteiger partial charge in [-0.05, 0) is 38.0 Å². The molecule has 19 heavy (non-hydrogen) atoms. The number of nitrogens with two attached hydrogens (primary N) is 1. The van der Waals surface area contributed by atoms with Crippen LogP contribution in [0, 0.1) is 0 Å². The summed E-state index contributed by atoms with van der Waals surface area (Å²) < 4.78 is 31.8. The van der Waals surface area contributed by atoms with E-state index in [0.29, 0.717) is 24.5 Å². The van der Waals surface area contributed by atoms with Crippen molar-refractivity contribution in [1.29, 1.82) is 0 Å². The molecule has 1 heterocycles. The lowest BCUT2D eigenvalue weighted by Crippen LogP contribution is -2.32. The first-order chi connectivity index (χ1) is 9.11. The fraction of sp³-hybridized carbons (Fsp3) is 0.571. The summed E-state index contributed by atoms with van der Waals surface area (Å²) in [5, 5.41) is 0. The number of hydrogen-bond acceptors (Lipinski definition) is 3. The molecule has 5 heteroatoms. The zero-order valence-electron chi connectivity index (χ0n) is 11.1. The van der Waals surface area contributed by atoms with Crippen molar-refractivity contribution in [2.75, 3.05) is 30.3 Å². The van der Waals surface area contributed by atoms with Gasteiger partial charge >= 0.3 is 0 Å². The number of anilines is 2. The summed E-state index contributed by atoms with van der Waals surface area (Å²) in [7, 11) is 0. The lowest BCUT2D eigenvalue weighted by molar-refractivity contribution is 0.115. The predicted molar refractivity (Wildman–Crippen MR) is 72.7 cm³/mol.